The number of imidazole rings is 1. The first-order chi connectivity index (χ1) is 10.3. The van der Waals surface area contributed by atoms with Gasteiger partial charge in [-0.05, 0) is 49.5 Å². The number of fused-ring (bicyclic) bond motifs is 1. The molecule has 1 fully saturated rings. The van der Waals surface area contributed by atoms with Gasteiger partial charge in [0.2, 0.25) is 4.96 Å². The third kappa shape index (κ3) is 3.43. The Morgan fingerprint density at radius 3 is 2.68 bits per heavy atom. The van der Waals surface area contributed by atoms with Crippen molar-refractivity contribution in [3.63, 3.8) is 0 Å². The second kappa shape index (κ2) is 5.81. The molecule has 8 heteroatoms. The highest BCUT2D eigenvalue weighted by Crippen LogP contribution is 2.30. The minimum atomic E-state index is -0.443. The van der Waals surface area contributed by atoms with Crippen molar-refractivity contribution in [2.24, 2.45) is 0 Å². The fourth-order valence-corrected chi connectivity index (χ4v) is 3.80. The Balaban J connectivity index is 1.61. The van der Waals surface area contributed by atoms with Gasteiger partial charge < -0.3 is 9.64 Å². The molecular formula is C14H19BrN4O2S. The summed E-state index contributed by atoms with van der Waals surface area (Å²) in [6, 6.07) is 0. The number of hydrogen-bond donors (Lipinski definition) is 0. The van der Waals surface area contributed by atoms with E-state index in [4.69, 9.17) is 4.74 Å². The molecular weight excluding hydrogens is 368 g/mol. The van der Waals surface area contributed by atoms with E-state index in [0.29, 0.717) is 19.0 Å². The lowest BCUT2D eigenvalue weighted by atomic mass is 9.94. The van der Waals surface area contributed by atoms with Gasteiger partial charge in [-0.3, -0.25) is 0 Å². The molecule has 1 saturated heterocycles. The first-order valence-corrected chi connectivity index (χ1v) is 8.92. The number of ether oxygens (including phenoxy) is 1. The van der Waals surface area contributed by atoms with Crippen LogP contribution in [0.2, 0.25) is 0 Å². The summed E-state index contributed by atoms with van der Waals surface area (Å²) >= 11 is 4.88. The van der Waals surface area contributed by atoms with Crippen molar-refractivity contribution in [1.82, 2.24) is 19.5 Å². The van der Waals surface area contributed by atoms with Crippen molar-refractivity contribution in [3.8, 4) is 0 Å². The van der Waals surface area contributed by atoms with E-state index in [0.717, 1.165) is 27.4 Å². The average molecular weight is 387 g/mol. The molecule has 2 aromatic heterocycles. The van der Waals surface area contributed by atoms with Gasteiger partial charge in [0.15, 0.2) is 3.92 Å². The number of halogens is 1. The Kier molecular flexibility index (Phi) is 4.15. The number of amides is 1. The van der Waals surface area contributed by atoms with E-state index in [2.05, 4.69) is 26.0 Å². The molecule has 0 atom stereocenters. The zero-order valence-electron chi connectivity index (χ0n) is 12.9. The SMILES string of the molecule is CC(C)(C)OC(=O)N1CCC(c2cn3nc(Br)sc3n2)CC1. The lowest BCUT2D eigenvalue weighted by molar-refractivity contribution is 0.0204. The first-order valence-electron chi connectivity index (χ1n) is 7.31. The van der Waals surface area contributed by atoms with E-state index in [1.807, 2.05) is 31.5 Å². The number of hydrogen-bond acceptors (Lipinski definition) is 5. The normalized spacial score (nSPS) is 17.2. The Labute approximate surface area is 141 Å². The molecule has 0 spiro atoms. The van der Waals surface area contributed by atoms with Gasteiger partial charge in [-0.25, -0.2) is 14.3 Å². The maximum Gasteiger partial charge on any atom is 0.410 e. The van der Waals surface area contributed by atoms with Crippen LogP contribution in [0, 0.1) is 0 Å². The summed E-state index contributed by atoms with van der Waals surface area (Å²) in [6.07, 6.45) is 3.59. The van der Waals surface area contributed by atoms with Crippen LogP contribution in [0.3, 0.4) is 0 Å². The molecule has 2 aromatic rings. The number of rotatable bonds is 1. The monoisotopic (exact) mass is 386 g/mol. The van der Waals surface area contributed by atoms with Gasteiger partial charge in [0, 0.05) is 19.0 Å². The van der Waals surface area contributed by atoms with Crippen molar-refractivity contribution < 1.29 is 9.53 Å². The van der Waals surface area contributed by atoms with Gasteiger partial charge in [-0.2, -0.15) is 0 Å². The smallest absolute Gasteiger partial charge is 0.410 e. The molecule has 0 radical (unpaired) electrons. The molecule has 0 N–H and O–H groups in total. The van der Waals surface area contributed by atoms with Gasteiger partial charge >= 0.3 is 6.09 Å². The predicted molar refractivity (Wildman–Crippen MR) is 88.3 cm³/mol. The highest BCUT2D eigenvalue weighted by atomic mass is 79.9. The molecule has 3 rings (SSSR count). The van der Waals surface area contributed by atoms with Crippen LogP contribution >= 0.6 is 27.3 Å². The predicted octanol–water partition coefficient (Wildman–Crippen LogP) is 3.67. The molecule has 6 nitrogen and oxygen atoms in total. The summed E-state index contributed by atoms with van der Waals surface area (Å²) in [4.78, 5) is 19.4. The van der Waals surface area contributed by atoms with Crippen LogP contribution in [0.1, 0.15) is 45.2 Å². The second-order valence-electron chi connectivity index (χ2n) is 6.49. The van der Waals surface area contributed by atoms with E-state index < -0.39 is 5.60 Å². The number of likely N-dealkylation sites (tertiary alicyclic amines) is 1. The Bertz CT molecular complexity index is 651. The van der Waals surface area contributed by atoms with Crippen molar-refractivity contribution >= 4 is 38.3 Å². The van der Waals surface area contributed by atoms with Crippen molar-refractivity contribution in [1.29, 1.82) is 0 Å². The molecule has 120 valence electrons. The third-order valence-electron chi connectivity index (χ3n) is 3.60. The van der Waals surface area contributed by atoms with Crippen LogP contribution in [0.5, 0.6) is 0 Å². The molecule has 0 unspecified atom stereocenters. The van der Waals surface area contributed by atoms with Crippen LogP contribution in [-0.2, 0) is 4.74 Å². The topological polar surface area (TPSA) is 59.7 Å². The summed E-state index contributed by atoms with van der Waals surface area (Å²) in [5, 5.41) is 4.32. The van der Waals surface area contributed by atoms with E-state index >= 15 is 0 Å². The van der Waals surface area contributed by atoms with Gasteiger partial charge in [0.25, 0.3) is 0 Å². The summed E-state index contributed by atoms with van der Waals surface area (Å²) in [5.41, 5.74) is 0.622. The molecule has 0 bridgehead atoms. The van der Waals surface area contributed by atoms with E-state index in [1.165, 1.54) is 11.3 Å². The second-order valence-corrected chi connectivity index (χ2v) is 8.72. The Hall–Kier alpha value is -1.15. The molecule has 1 aliphatic heterocycles. The zero-order valence-corrected chi connectivity index (χ0v) is 15.3. The highest BCUT2D eigenvalue weighted by molar-refractivity contribution is 9.11. The molecule has 3 heterocycles. The fraction of sp³-hybridized carbons (Fsp3) is 0.643. The van der Waals surface area contributed by atoms with Crippen LogP contribution in [-0.4, -0.2) is 44.3 Å². The molecule has 0 aliphatic carbocycles. The number of carbonyl (C=O) groups excluding carboxylic acids is 1. The quantitative estimate of drug-likeness (QED) is 0.749. The number of nitrogens with zero attached hydrogens (tertiary/aromatic N) is 4. The minimum absolute atomic E-state index is 0.220. The fourth-order valence-electron chi connectivity index (χ4n) is 2.57. The Morgan fingerprint density at radius 1 is 1.41 bits per heavy atom. The van der Waals surface area contributed by atoms with Crippen LogP contribution in [0.25, 0.3) is 4.96 Å². The van der Waals surface area contributed by atoms with Crippen molar-refractivity contribution in [2.45, 2.75) is 45.1 Å². The summed E-state index contributed by atoms with van der Waals surface area (Å²) < 4.78 is 8.07. The van der Waals surface area contributed by atoms with Crippen molar-refractivity contribution in [3.05, 3.63) is 15.8 Å². The van der Waals surface area contributed by atoms with Crippen molar-refractivity contribution in [2.75, 3.05) is 13.1 Å². The van der Waals surface area contributed by atoms with Gasteiger partial charge in [0.05, 0.1) is 11.9 Å². The van der Waals surface area contributed by atoms with Gasteiger partial charge in [-0.1, -0.05) is 11.3 Å². The zero-order chi connectivity index (χ0) is 15.9. The largest absolute Gasteiger partial charge is 0.444 e. The molecule has 22 heavy (non-hydrogen) atoms. The maximum atomic E-state index is 12.1. The lowest BCUT2D eigenvalue weighted by Crippen LogP contribution is -2.41. The van der Waals surface area contributed by atoms with Crippen LogP contribution in [0.15, 0.2) is 10.1 Å². The summed E-state index contributed by atoms with van der Waals surface area (Å²) in [7, 11) is 0. The molecule has 0 saturated carbocycles. The summed E-state index contributed by atoms with van der Waals surface area (Å²) in [5.74, 6) is 0.381. The maximum absolute atomic E-state index is 12.1. The highest BCUT2D eigenvalue weighted by Gasteiger charge is 2.28. The number of aromatic nitrogens is 3. The molecule has 1 aliphatic rings. The third-order valence-corrected chi connectivity index (χ3v) is 4.96. The van der Waals surface area contributed by atoms with Crippen LogP contribution < -0.4 is 0 Å². The lowest BCUT2D eigenvalue weighted by Gasteiger charge is -2.32. The number of carbonyl (C=O) groups is 1. The molecule has 1 amide bonds. The standard InChI is InChI=1S/C14H19BrN4O2S/c1-14(2,3)21-13(20)18-6-4-9(5-7-18)10-8-19-12(16-10)22-11(15)17-19/h8-9H,4-7H2,1-3H3. The van der Waals surface area contributed by atoms with Crippen LogP contribution in [0.4, 0.5) is 4.79 Å². The first kappa shape index (κ1) is 15.7. The van der Waals surface area contributed by atoms with E-state index in [9.17, 15) is 4.79 Å². The van der Waals surface area contributed by atoms with E-state index in [-0.39, 0.29) is 6.09 Å². The molecule has 0 aromatic carbocycles. The average Bonchev–Trinajstić information content (AvgIpc) is 2.94. The van der Waals surface area contributed by atoms with E-state index in [1.54, 1.807) is 4.90 Å². The number of piperidine rings is 1. The summed E-state index contributed by atoms with van der Waals surface area (Å²) in [6.45, 7) is 7.09. The van der Waals surface area contributed by atoms with Gasteiger partial charge in [0.1, 0.15) is 5.60 Å². The Morgan fingerprint density at radius 2 is 2.09 bits per heavy atom. The van der Waals surface area contributed by atoms with Gasteiger partial charge in [-0.15, -0.1) is 5.10 Å². The minimum Gasteiger partial charge on any atom is -0.444 e.